The third-order valence-corrected chi connectivity index (χ3v) is 4.21. The van der Waals surface area contributed by atoms with Crippen molar-refractivity contribution < 1.29 is 0 Å². The number of nitrogens with two attached hydrogens (primary N) is 1. The van der Waals surface area contributed by atoms with Crippen molar-refractivity contribution in [3.8, 4) is 0 Å². The maximum absolute atomic E-state index is 6.45. The molecule has 0 amide bonds. The van der Waals surface area contributed by atoms with Crippen LogP contribution in [-0.4, -0.2) is 5.54 Å². The molecule has 0 aromatic rings. The third kappa shape index (κ3) is 1.39. The van der Waals surface area contributed by atoms with E-state index < -0.39 is 0 Å². The highest BCUT2D eigenvalue weighted by molar-refractivity contribution is 5.00. The van der Waals surface area contributed by atoms with Gasteiger partial charge >= 0.3 is 0 Å². The van der Waals surface area contributed by atoms with Gasteiger partial charge in [-0.3, -0.25) is 0 Å². The van der Waals surface area contributed by atoms with Gasteiger partial charge in [-0.15, -0.1) is 0 Å². The van der Waals surface area contributed by atoms with E-state index in [-0.39, 0.29) is 5.54 Å². The summed E-state index contributed by atoms with van der Waals surface area (Å²) in [6.07, 6.45) is 7.64. The molecule has 12 heavy (non-hydrogen) atoms. The second-order valence-electron chi connectivity index (χ2n) is 4.63. The summed E-state index contributed by atoms with van der Waals surface area (Å²) >= 11 is 0. The topological polar surface area (TPSA) is 26.0 Å². The number of rotatable bonds is 2. The van der Waals surface area contributed by atoms with E-state index in [9.17, 15) is 0 Å². The molecule has 0 radical (unpaired) electrons. The van der Waals surface area contributed by atoms with E-state index in [0.29, 0.717) is 5.41 Å². The van der Waals surface area contributed by atoms with Gasteiger partial charge in [0.1, 0.15) is 0 Å². The Labute approximate surface area is 76.7 Å². The van der Waals surface area contributed by atoms with Crippen molar-refractivity contribution in [2.45, 2.75) is 64.8 Å². The fourth-order valence-corrected chi connectivity index (χ4v) is 2.64. The molecule has 2 N–H and O–H groups in total. The zero-order valence-corrected chi connectivity index (χ0v) is 8.82. The largest absolute Gasteiger partial charge is 0.325 e. The lowest BCUT2D eigenvalue weighted by Gasteiger charge is -2.49. The average Bonchev–Trinajstić information content (AvgIpc) is 2.10. The molecule has 1 rings (SSSR count). The predicted molar refractivity (Wildman–Crippen MR) is 54.1 cm³/mol. The number of hydrogen-bond donors (Lipinski definition) is 1. The highest BCUT2D eigenvalue weighted by atomic mass is 14.8. The van der Waals surface area contributed by atoms with Crippen molar-refractivity contribution in [3.63, 3.8) is 0 Å². The van der Waals surface area contributed by atoms with Crippen LogP contribution in [0.25, 0.3) is 0 Å². The summed E-state index contributed by atoms with van der Waals surface area (Å²) in [4.78, 5) is 0. The van der Waals surface area contributed by atoms with Crippen LogP contribution in [-0.2, 0) is 0 Å². The first-order valence-electron chi connectivity index (χ1n) is 5.37. The molecule has 0 spiro atoms. The van der Waals surface area contributed by atoms with Crippen molar-refractivity contribution in [2.75, 3.05) is 0 Å². The summed E-state index contributed by atoms with van der Waals surface area (Å²) in [6, 6.07) is 0. The van der Waals surface area contributed by atoms with Gasteiger partial charge in [0.2, 0.25) is 0 Å². The summed E-state index contributed by atoms with van der Waals surface area (Å²) in [6.45, 7) is 6.89. The molecule has 0 saturated heterocycles. The van der Waals surface area contributed by atoms with Gasteiger partial charge in [0.15, 0.2) is 0 Å². The van der Waals surface area contributed by atoms with Crippen molar-refractivity contribution in [1.29, 1.82) is 0 Å². The first-order chi connectivity index (χ1) is 5.58. The number of hydrogen-bond acceptors (Lipinski definition) is 1. The van der Waals surface area contributed by atoms with Gasteiger partial charge in [0, 0.05) is 5.54 Å². The van der Waals surface area contributed by atoms with Gasteiger partial charge in [-0.25, -0.2) is 0 Å². The smallest absolute Gasteiger partial charge is 0.0205 e. The summed E-state index contributed by atoms with van der Waals surface area (Å²) in [7, 11) is 0. The van der Waals surface area contributed by atoms with E-state index in [2.05, 4.69) is 20.8 Å². The van der Waals surface area contributed by atoms with Gasteiger partial charge in [-0.1, -0.05) is 33.6 Å². The lowest BCUT2D eigenvalue weighted by Crippen LogP contribution is -2.55. The predicted octanol–water partition coefficient (Wildman–Crippen LogP) is 3.08. The Bertz CT molecular complexity index is 137. The zero-order chi connectivity index (χ0) is 9.24. The SMILES string of the molecule is CCC1(C)CCCCC1(N)CC. The average molecular weight is 169 g/mol. The molecular formula is C11H23N. The molecule has 1 saturated carbocycles. The standard InChI is InChI=1S/C11H23N/c1-4-10(3)8-6-7-9-11(10,12)5-2/h4-9,12H2,1-3H3. The van der Waals surface area contributed by atoms with E-state index in [4.69, 9.17) is 5.73 Å². The normalized spacial score (nSPS) is 43.0. The van der Waals surface area contributed by atoms with Crippen LogP contribution in [0.1, 0.15) is 59.3 Å². The fourth-order valence-electron chi connectivity index (χ4n) is 2.64. The Hall–Kier alpha value is -0.0400. The van der Waals surface area contributed by atoms with Crippen LogP contribution in [0.15, 0.2) is 0 Å². The van der Waals surface area contributed by atoms with Crippen LogP contribution < -0.4 is 5.73 Å². The van der Waals surface area contributed by atoms with E-state index in [0.717, 1.165) is 6.42 Å². The zero-order valence-electron chi connectivity index (χ0n) is 8.82. The molecule has 72 valence electrons. The Morgan fingerprint density at radius 3 is 2.08 bits per heavy atom. The fraction of sp³-hybridized carbons (Fsp3) is 1.00. The Kier molecular flexibility index (Phi) is 2.82. The maximum atomic E-state index is 6.45. The minimum atomic E-state index is 0.125. The quantitative estimate of drug-likeness (QED) is 0.675. The minimum Gasteiger partial charge on any atom is -0.325 e. The molecule has 2 atom stereocenters. The van der Waals surface area contributed by atoms with Crippen LogP contribution in [0.4, 0.5) is 0 Å². The lowest BCUT2D eigenvalue weighted by molar-refractivity contribution is 0.0714. The van der Waals surface area contributed by atoms with E-state index >= 15 is 0 Å². The molecule has 1 aliphatic rings. The lowest BCUT2D eigenvalue weighted by atomic mass is 9.60. The summed E-state index contributed by atoms with van der Waals surface area (Å²) < 4.78 is 0. The van der Waals surface area contributed by atoms with E-state index in [1.54, 1.807) is 0 Å². The third-order valence-electron chi connectivity index (χ3n) is 4.21. The maximum Gasteiger partial charge on any atom is 0.0205 e. The Morgan fingerprint density at radius 1 is 1.08 bits per heavy atom. The summed E-state index contributed by atoms with van der Waals surface area (Å²) in [5.41, 5.74) is 6.98. The monoisotopic (exact) mass is 169 g/mol. The van der Waals surface area contributed by atoms with Gasteiger partial charge in [0.05, 0.1) is 0 Å². The van der Waals surface area contributed by atoms with Crippen LogP contribution in [0.5, 0.6) is 0 Å². The van der Waals surface area contributed by atoms with Gasteiger partial charge in [0.25, 0.3) is 0 Å². The first kappa shape index (κ1) is 10.0. The molecule has 2 unspecified atom stereocenters. The van der Waals surface area contributed by atoms with E-state index in [1.807, 2.05) is 0 Å². The van der Waals surface area contributed by atoms with Crippen molar-refractivity contribution in [3.05, 3.63) is 0 Å². The van der Waals surface area contributed by atoms with Crippen LogP contribution in [0.2, 0.25) is 0 Å². The molecule has 1 aliphatic carbocycles. The summed E-state index contributed by atoms with van der Waals surface area (Å²) in [5, 5.41) is 0. The molecule has 1 fully saturated rings. The van der Waals surface area contributed by atoms with Gasteiger partial charge in [-0.2, -0.15) is 0 Å². The molecule has 0 aliphatic heterocycles. The minimum absolute atomic E-state index is 0.125. The highest BCUT2D eigenvalue weighted by Gasteiger charge is 2.43. The molecule has 1 nitrogen and oxygen atoms in total. The second kappa shape index (κ2) is 3.37. The Balaban J connectivity index is 2.79. The van der Waals surface area contributed by atoms with Crippen LogP contribution in [0.3, 0.4) is 0 Å². The first-order valence-corrected chi connectivity index (χ1v) is 5.37. The second-order valence-corrected chi connectivity index (χ2v) is 4.63. The summed E-state index contributed by atoms with van der Waals surface area (Å²) in [5.74, 6) is 0. The van der Waals surface area contributed by atoms with Crippen molar-refractivity contribution in [2.24, 2.45) is 11.1 Å². The van der Waals surface area contributed by atoms with Crippen LogP contribution >= 0.6 is 0 Å². The molecule has 0 aromatic carbocycles. The highest BCUT2D eigenvalue weighted by Crippen LogP contribution is 2.46. The van der Waals surface area contributed by atoms with Crippen LogP contribution in [0, 0.1) is 5.41 Å². The molecule has 1 heteroatoms. The molecular weight excluding hydrogens is 146 g/mol. The van der Waals surface area contributed by atoms with E-state index in [1.165, 1.54) is 32.1 Å². The van der Waals surface area contributed by atoms with Gasteiger partial charge < -0.3 is 5.73 Å². The molecule has 0 heterocycles. The molecule has 0 bridgehead atoms. The van der Waals surface area contributed by atoms with Gasteiger partial charge in [-0.05, 0) is 31.1 Å². The van der Waals surface area contributed by atoms with Crippen molar-refractivity contribution >= 4 is 0 Å². The molecule has 0 aromatic heterocycles. The Morgan fingerprint density at radius 2 is 1.67 bits per heavy atom. The van der Waals surface area contributed by atoms with Crippen molar-refractivity contribution in [1.82, 2.24) is 0 Å².